The van der Waals surface area contributed by atoms with E-state index in [-0.39, 0.29) is 28.6 Å². The van der Waals surface area contributed by atoms with Gasteiger partial charge in [0.15, 0.2) is 28.3 Å². The summed E-state index contributed by atoms with van der Waals surface area (Å²) in [7, 11) is 1.59. The first kappa shape index (κ1) is 21.7. The van der Waals surface area contributed by atoms with Crippen molar-refractivity contribution in [1.82, 2.24) is 14.8 Å². The Morgan fingerprint density at radius 1 is 1.03 bits per heavy atom. The third-order valence-corrected chi connectivity index (χ3v) is 5.88. The summed E-state index contributed by atoms with van der Waals surface area (Å²) >= 11 is 7.27. The Kier molecular flexibility index (Phi) is 6.34. The van der Waals surface area contributed by atoms with E-state index in [4.69, 9.17) is 16.3 Å². The number of rotatable bonds is 7. The smallest absolute Gasteiger partial charge is 0.196 e. The van der Waals surface area contributed by atoms with Crippen molar-refractivity contribution in [3.05, 3.63) is 77.3 Å². The number of ketones is 1. The second kappa shape index (κ2) is 9.33. The maximum Gasteiger partial charge on any atom is 0.196 e. The number of aromatic hydroxyl groups is 2. The van der Waals surface area contributed by atoms with E-state index in [2.05, 4.69) is 10.2 Å². The zero-order valence-electron chi connectivity index (χ0n) is 16.9. The summed E-state index contributed by atoms with van der Waals surface area (Å²) in [6.45, 7) is 0. The number of ether oxygens (including phenoxy) is 1. The fourth-order valence-electron chi connectivity index (χ4n) is 3.10. The Morgan fingerprint density at radius 2 is 1.78 bits per heavy atom. The molecule has 32 heavy (non-hydrogen) atoms. The molecule has 2 N–H and O–H groups in total. The lowest BCUT2D eigenvalue weighted by Crippen LogP contribution is -2.05. The number of phenolic OH excluding ortho intramolecular Hbond substituents is 2. The summed E-state index contributed by atoms with van der Waals surface area (Å²) in [5.41, 5.74) is 1.81. The minimum Gasteiger partial charge on any atom is -0.504 e. The topological polar surface area (TPSA) is 97.5 Å². The second-order valence-corrected chi connectivity index (χ2v) is 8.11. The molecule has 0 radical (unpaired) electrons. The Hall–Kier alpha value is -3.49. The molecule has 4 rings (SSSR count). The number of thioether (sulfide) groups is 1. The number of aromatic nitrogens is 3. The van der Waals surface area contributed by atoms with Crippen molar-refractivity contribution in [3.8, 4) is 34.3 Å². The quantitative estimate of drug-likeness (QED) is 0.224. The number of carbonyl (C=O) groups excluding carboxylic acids is 1. The highest BCUT2D eigenvalue weighted by molar-refractivity contribution is 7.99. The highest BCUT2D eigenvalue weighted by Crippen LogP contribution is 2.34. The van der Waals surface area contributed by atoms with Crippen molar-refractivity contribution >= 4 is 29.1 Å². The van der Waals surface area contributed by atoms with Crippen LogP contribution >= 0.6 is 23.4 Å². The Balaban J connectivity index is 1.70. The highest BCUT2D eigenvalue weighted by atomic mass is 35.5. The van der Waals surface area contributed by atoms with Gasteiger partial charge in [-0.1, -0.05) is 35.5 Å². The van der Waals surface area contributed by atoms with Gasteiger partial charge in [0.2, 0.25) is 0 Å². The lowest BCUT2D eigenvalue weighted by atomic mass is 10.1. The van der Waals surface area contributed by atoms with E-state index >= 15 is 0 Å². The number of benzene rings is 3. The van der Waals surface area contributed by atoms with Crippen LogP contribution in [0.5, 0.6) is 17.2 Å². The van der Waals surface area contributed by atoms with Gasteiger partial charge < -0.3 is 14.9 Å². The predicted molar refractivity (Wildman–Crippen MR) is 123 cm³/mol. The molecule has 0 fully saturated rings. The van der Waals surface area contributed by atoms with E-state index in [0.717, 1.165) is 11.3 Å². The maximum atomic E-state index is 12.6. The minimum absolute atomic E-state index is 0.0574. The summed E-state index contributed by atoms with van der Waals surface area (Å²) in [6.07, 6.45) is 0. The van der Waals surface area contributed by atoms with Crippen LogP contribution in [-0.4, -0.2) is 43.6 Å². The van der Waals surface area contributed by atoms with Crippen LogP contribution in [0.1, 0.15) is 10.4 Å². The second-order valence-electron chi connectivity index (χ2n) is 6.73. The van der Waals surface area contributed by atoms with Gasteiger partial charge >= 0.3 is 0 Å². The number of methoxy groups -OCH3 is 1. The summed E-state index contributed by atoms with van der Waals surface area (Å²) in [5.74, 6) is 0.405. The summed E-state index contributed by atoms with van der Waals surface area (Å²) in [5, 5.41) is 28.9. The van der Waals surface area contributed by atoms with Crippen LogP contribution in [0, 0.1) is 0 Å². The molecule has 0 atom stereocenters. The van der Waals surface area contributed by atoms with Gasteiger partial charge in [-0.3, -0.25) is 9.36 Å². The van der Waals surface area contributed by atoms with Gasteiger partial charge in [0.25, 0.3) is 0 Å². The fraction of sp³-hybridized carbons (Fsp3) is 0.0870. The molecule has 0 saturated carbocycles. The molecule has 162 valence electrons. The molecule has 0 saturated heterocycles. The number of Topliss-reactive ketones (excluding diaryl/α,β-unsaturated/α-hetero) is 1. The van der Waals surface area contributed by atoms with Crippen molar-refractivity contribution in [2.45, 2.75) is 5.16 Å². The lowest BCUT2D eigenvalue weighted by Gasteiger charge is -2.12. The van der Waals surface area contributed by atoms with Crippen molar-refractivity contribution in [2.24, 2.45) is 0 Å². The molecular formula is C23H18ClN3O4S. The van der Waals surface area contributed by atoms with E-state index in [1.165, 1.54) is 30.0 Å². The molecule has 0 aliphatic rings. The Labute approximate surface area is 193 Å². The van der Waals surface area contributed by atoms with E-state index in [9.17, 15) is 15.0 Å². The predicted octanol–water partition coefficient (Wildman–Crippen LogP) is 4.98. The zero-order valence-corrected chi connectivity index (χ0v) is 18.5. The van der Waals surface area contributed by atoms with Gasteiger partial charge in [-0.15, -0.1) is 10.2 Å². The molecule has 3 aromatic carbocycles. The first-order valence-corrected chi connectivity index (χ1v) is 10.9. The molecule has 0 amide bonds. The summed E-state index contributed by atoms with van der Waals surface area (Å²) < 4.78 is 7.32. The fourth-order valence-corrected chi connectivity index (χ4v) is 4.07. The van der Waals surface area contributed by atoms with Gasteiger partial charge in [-0.25, -0.2) is 0 Å². The first-order chi connectivity index (χ1) is 15.5. The van der Waals surface area contributed by atoms with Gasteiger partial charge in [0.1, 0.15) is 5.75 Å². The molecule has 7 nitrogen and oxygen atoms in total. The third kappa shape index (κ3) is 4.42. The molecule has 0 bridgehead atoms. The van der Waals surface area contributed by atoms with Crippen molar-refractivity contribution in [2.75, 3.05) is 12.9 Å². The Bertz CT molecular complexity index is 1270. The molecule has 0 unspecified atom stereocenters. The van der Waals surface area contributed by atoms with E-state index in [1.807, 2.05) is 41.0 Å². The average Bonchev–Trinajstić information content (AvgIpc) is 3.23. The summed E-state index contributed by atoms with van der Waals surface area (Å²) in [6, 6.07) is 18.7. The van der Waals surface area contributed by atoms with Gasteiger partial charge in [-0.2, -0.15) is 0 Å². The number of halogens is 1. The van der Waals surface area contributed by atoms with E-state index in [1.54, 1.807) is 19.2 Å². The van der Waals surface area contributed by atoms with Crippen LogP contribution in [0.15, 0.2) is 71.9 Å². The lowest BCUT2D eigenvalue weighted by molar-refractivity contribution is 0.102. The number of nitrogens with zero attached hydrogens (tertiary/aromatic N) is 3. The molecule has 0 spiro atoms. The standard InChI is InChI=1S/C23H18ClN3O4S/c1-31-21-5-3-2-4-17(21)22-25-26-23(27(22)16-9-7-15(24)8-10-16)32-13-20(30)14-6-11-18(28)19(29)12-14/h2-12,28-29H,13H2,1H3. The highest BCUT2D eigenvalue weighted by Gasteiger charge is 2.20. The van der Waals surface area contributed by atoms with Crippen LogP contribution in [0.2, 0.25) is 5.02 Å². The van der Waals surface area contributed by atoms with Crippen LogP contribution < -0.4 is 4.74 Å². The van der Waals surface area contributed by atoms with E-state index < -0.39 is 0 Å². The SMILES string of the molecule is COc1ccccc1-c1nnc(SCC(=O)c2ccc(O)c(O)c2)n1-c1ccc(Cl)cc1. The zero-order chi connectivity index (χ0) is 22.7. The monoisotopic (exact) mass is 467 g/mol. The maximum absolute atomic E-state index is 12.6. The molecule has 1 aromatic heterocycles. The normalized spacial score (nSPS) is 10.8. The number of hydrogen-bond donors (Lipinski definition) is 2. The summed E-state index contributed by atoms with van der Waals surface area (Å²) in [4.78, 5) is 12.6. The first-order valence-electron chi connectivity index (χ1n) is 9.50. The molecule has 0 aliphatic heterocycles. The molecule has 9 heteroatoms. The van der Waals surface area contributed by atoms with Crippen molar-refractivity contribution in [1.29, 1.82) is 0 Å². The van der Waals surface area contributed by atoms with Gasteiger partial charge in [0, 0.05) is 16.3 Å². The molecular weight excluding hydrogens is 450 g/mol. The van der Waals surface area contributed by atoms with Crippen molar-refractivity contribution < 1.29 is 19.7 Å². The number of carbonyl (C=O) groups is 1. The third-order valence-electron chi connectivity index (χ3n) is 4.70. The largest absolute Gasteiger partial charge is 0.504 e. The molecule has 4 aromatic rings. The molecule has 1 heterocycles. The van der Waals surface area contributed by atoms with Gasteiger partial charge in [0.05, 0.1) is 18.4 Å². The average molecular weight is 468 g/mol. The van der Waals surface area contributed by atoms with Gasteiger partial charge in [-0.05, 0) is 54.6 Å². The van der Waals surface area contributed by atoms with Crippen molar-refractivity contribution in [3.63, 3.8) is 0 Å². The van der Waals surface area contributed by atoms with Crippen LogP contribution in [-0.2, 0) is 0 Å². The number of phenols is 2. The Morgan fingerprint density at radius 3 is 2.50 bits per heavy atom. The number of para-hydroxylation sites is 1. The van der Waals surface area contributed by atoms with Crippen LogP contribution in [0.25, 0.3) is 17.1 Å². The van der Waals surface area contributed by atoms with E-state index in [0.29, 0.717) is 21.8 Å². The van der Waals surface area contributed by atoms with Crippen LogP contribution in [0.3, 0.4) is 0 Å². The molecule has 0 aliphatic carbocycles. The number of hydrogen-bond acceptors (Lipinski definition) is 7. The van der Waals surface area contributed by atoms with Crippen LogP contribution in [0.4, 0.5) is 0 Å². The minimum atomic E-state index is -0.344.